The SMILES string of the molecule is O=C(O)c1ccc(CN2CCC[C@H]2Cn2ccnn2)c(Br)c1. The molecule has 1 atom stereocenters. The van der Waals surface area contributed by atoms with Gasteiger partial charge in [0.15, 0.2) is 0 Å². The van der Waals surface area contributed by atoms with Crippen LogP contribution >= 0.6 is 15.9 Å². The number of nitrogens with zero attached hydrogens (tertiary/aromatic N) is 4. The molecule has 1 aromatic carbocycles. The average Bonchev–Trinajstić information content (AvgIpc) is 3.14. The molecule has 2 aromatic rings. The Morgan fingerprint density at radius 2 is 2.32 bits per heavy atom. The van der Waals surface area contributed by atoms with Gasteiger partial charge in [-0.2, -0.15) is 0 Å². The summed E-state index contributed by atoms with van der Waals surface area (Å²) in [6, 6.07) is 5.65. The third-order valence-corrected chi connectivity index (χ3v) is 4.78. The fourth-order valence-electron chi connectivity index (χ4n) is 2.88. The molecule has 0 bridgehead atoms. The van der Waals surface area contributed by atoms with E-state index in [9.17, 15) is 4.79 Å². The van der Waals surface area contributed by atoms with Gasteiger partial charge in [0.1, 0.15) is 0 Å². The lowest BCUT2D eigenvalue weighted by molar-refractivity contribution is 0.0696. The van der Waals surface area contributed by atoms with Crippen molar-refractivity contribution in [2.45, 2.75) is 32.0 Å². The smallest absolute Gasteiger partial charge is 0.335 e. The van der Waals surface area contributed by atoms with Crippen molar-refractivity contribution < 1.29 is 9.90 Å². The summed E-state index contributed by atoms with van der Waals surface area (Å²) >= 11 is 3.49. The molecule has 6 nitrogen and oxygen atoms in total. The Morgan fingerprint density at radius 1 is 1.45 bits per heavy atom. The van der Waals surface area contributed by atoms with Crippen LogP contribution in [-0.2, 0) is 13.1 Å². The van der Waals surface area contributed by atoms with E-state index < -0.39 is 5.97 Å². The minimum atomic E-state index is -0.905. The average molecular weight is 365 g/mol. The zero-order valence-electron chi connectivity index (χ0n) is 12.0. The summed E-state index contributed by atoms with van der Waals surface area (Å²) in [5.41, 5.74) is 1.41. The van der Waals surface area contributed by atoms with Gasteiger partial charge >= 0.3 is 5.97 Å². The predicted molar refractivity (Wildman–Crippen MR) is 84.6 cm³/mol. The second kappa shape index (κ2) is 6.58. The molecule has 22 heavy (non-hydrogen) atoms. The van der Waals surface area contributed by atoms with Gasteiger partial charge in [-0.3, -0.25) is 9.58 Å². The van der Waals surface area contributed by atoms with Crippen LogP contribution in [0.4, 0.5) is 0 Å². The number of carboxylic acids is 1. The van der Waals surface area contributed by atoms with Crippen LogP contribution in [-0.4, -0.2) is 43.6 Å². The second-order valence-corrected chi connectivity index (χ2v) is 6.36. The maximum atomic E-state index is 11.0. The number of hydrogen-bond acceptors (Lipinski definition) is 4. The molecule has 0 amide bonds. The molecule has 7 heteroatoms. The van der Waals surface area contributed by atoms with E-state index in [0.717, 1.165) is 36.1 Å². The van der Waals surface area contributed by atoms with Crippen LogP contribution in [0.5, 0.6) is 0 Å². The Morgan fingerprint density at radius 3 is 3.00 bits per heavy atom. The highest BCUT2D eigenvalue weighted by Crippen LogP contribution is 2.25. The summed E-state index contributed by atoms with van der Waals surface area (Å²) in [5.74, 6) is -0.905. The Kier molecular flexibility index (Phi) is 4.54. The molecule has 1 N–H and O–H groups in total. The van der Waals surface area contributed by atoms with Crippen molar-refractivity contribution in [3.8, 4) is 0 Å². The number of aromatic nitrogens is 3. The topological polar surface area (TPSA) is 71.2 Å². The normalized spacial score (nSPS) is 18.7. The summed E-state index contributed by atoms with van der Waals surface area (Å²) in [6.45, 7) is 2.69. The summed E-state index contributed by atoms with van der Waals surface area (Å²) < 4.78 is 2.71. The summed E-state index contributed by atoms with van der Waals surface area (Å²) in [6.07, 6.45) is 5.89. The highest BCUT2D eigenvalue weighted by Gasteiger charge is 2.25. The molecule has 0 aliphatic carbocycles. The molecule has 2 heterocycles. The van der Waals surface area contributed by atoms with E-state index >= 15 is 0 Å². The first-order valence-corrected chi connectivity index (χ1v) is 8.02. The third kappa shape index (κ3) is 3.36. The Bertz CT molecular complexity index is 660. The van der Waals surface area contributed by atoms with Gasteiger partial charge in [-0.25, -0.2) is 4.79 Å². The molecule has 1 fully saturated rings. The first-order chi connectivity index (χ1) is 10.6. The first kappa shape index (κ1) is 15.2. The number of halogens is 1. The van der Waals surface area contributed by atoms with Gasteiger partial charge in [0.05, 0.1) is 18.3 Å². The maximum Gasteiger partial charge on any atom is 0.335 e. The molecular weight excluding hydrogens is 348 g/mol. The molecule has 0 spiro atoms. The fourth-order valence-corrected chi connectivity index (χ4v) is 3.39. The molecular formula is C15H17BrN4O2. The summed E-state index contributed by atoms with van der Waals surface area (Å²) in [5, 5.41) is 16.9. The number of carbonyl (C=O) groups is 1. The van der Waals surface area contributed by atoms with Gasteiger partial charge in [-0.05, 0) is 37.1 Å². The number of likely N-dealkylation sites (tertiary alicyclic amines) is 1. The summed E-state index contributed by atoms with van der Waals surface area (Å²) in [7, 11) is 0. The minimum Gasteiger partial charge on any atom is -0.478 e. The van der Waals surface area contributed by atoms with Crippen LogP contribution in [0.15, 0.2) is 35.1 Å². The lowest BCUT2D eigenvalue weighted by Crippen LogP contribution is -2.32. The van der Waals surface area contributed by atoms with Gasteiger partial charge in [-0.15, -0.1) is 5.10 Å². The van der Waals surface area contributed by atoms with Crippen molar-refractivity contribution in [3.63, 3.8) is 0 Å². The van der Waals surface area contributed by atoms with E-state index in [4.69, 9.17) is 5.11 Å². The van der Waals surface area contributed by atoms with Crippen LogP contribution in [0, 0.1) is 0 Å². The van der Waals surface area contributed by atoms with Crippen LogP contribution in [0.2, 0.25) is 0 Å². The second-order valence-electron chi connectivity index (χ2n) is 5.50. The van der Waals surface area contributed by atoms with Crippen molar-refractivity contribution in [1.29, 1.82) is 0 Å². The van der Waals surface area contributed by atoms with Gasteiger partial charge in [-0.1, -0.05) is 27.2 Å². The molecule has 0 unspecified atom stereocenters. The quantitative estimate of drug-likeness (QED) is 0.881. The Labute approximate surface area is 136 Å². The zero-order chi connectivity index (χ0) is 15.5. The highest BCUT2D eigenvalue weighted by molar-refractivity contribution is 9.10. The Hall–Kier alpha value is -1.73. The van der Waals surface area contributed by atoms with E-state index in [2.05, 4.69) is 31.1 Å². The van der Waals surface area contributed by atoms with Crippen molar-refractivity contribution in [2.75, 3.05) is 6.54 Å². The molecule has 0 radical (unpaired) electrons. The molecule has 0 saturated carbocycles. The van der Waals surface area contributed by atoms with Gasteiger partial charge < -0.3 is 5.11 Å². The van der Waals surface area contributed by atoms with E-state index in [1.165, 1.54) is 6.42 Å². The molecule has 1 aliphatic rings. The lowest BCUT2D eigenvalue weighted by atomic mass is 10.1. The van der Waals surface area contributed by atoms with Crippen molar-refractivity contribution in [3.05, 3.63) is 46.2 Å². The molecule has 116 valence electrons. The van der Waals surface area contributed by atoms with Crippen molar-refractivity contribution in [2.24, 2.45) is 0 Å². The van der Waals surface area contributed by atoms with E-state index in [-0.39, 0.29) is 0 Å². The van der Waals surface area contributed by atoms with Crippen LogP contribution in [0.1, 0.15) is 28.8 Å². The van der Waals surface area contributed by atoms with Crippen LogP contribution < -0.4 is 0 Å². The molecule has 1 saturated heterocycles. The number of rotatable bonds is 5. The zero-order valence-corrected chi connectivity index (χ0v) is 13.6. The van der Waals surface area contributed by atoms with Gasteiger partial charge in [0, 0.05) is 23.3 Å². The molecule has 3 rings (SSSR count). The fraction of sp³-hybridized carbons (Fsp3) is 0.400. The number of aromatic carboxylic acids is 1. The molecule has 1 aliphatic heterocycles. The van der Waals surface area contributed by atoms with Crippen molar-refractivity contribution >= 4 is 21.9 Å². The Balaban J connectivity index is 1.70. The number of hydrogen-bond donors (Lipinski definition) is 1. The number of carboxylic acid groups (broad SMARTS) is 1. The van der Waals surface area contributed by atoms with Gasteiger partial charge in [0.25, 0.3) is 0 Å². The highest BCUT2D eigenvalue weighted by atomic mass is 79.9. The standard InChI is InChI=1S/C15H17BrN4O2/c16-14-8-11(15(21)22)3-4-12(14)9-19-6-1-2-13(19)10-20-7-5-17-18-20/h3-5,7-8,13H,1-2,6,9-10H2,(H,21,22)/t13-/m0/s1. The monoisotopic (exact) mass is 364 g/mol. The van der Waals surface area contributed by atoms with Crippen LogP contribution in [0.3, 0.4) is 0 Å². The first-order valence-electron chi connectivity index (χ1n) is 7.23. The largest absolute Gasteiger partial charge is 0.478 e. The van der Waals surface area contributed by atoms with E-state index in [1.54, 1.807) is 18.3 Å². The lowest BCUT2D eigenvalue weighted by Gasteiger charge is -2.24. The van der Waals surface area contributed by atoms with E-state index in [0.29, 0.717) is 11.6 Å². The van der Waals surface area contributed by atoms with Crippen LogP contribution in [0.25, 0.3) is 0 Å². The predicted octanol–water partition coefficient (Wildman–Crippen LogP) is 2.40. The number of benzene rings is 1. The van der Waals surface area contributed by atoms with Crippen molar-refractivity contribution in [1.82, 2.24) is 19.9 Å². The van der Waals surface area contributed by atoms with E-state index in [1.807, 2.05) is 16.9 Å². The minimum absolute atomic E-state index is 0.302. The third-order valence-electron chi connectivity index (χ3n) is 4.04. The summed E-state index contributed by atoms with van der Waals surface area (Å²) in [4.78, 5) is 13.4. The van der Waals surface area contributed by atoms with Gasteiger partial charge in [0.2, 0.25) is 0 Å². The maximum absolute atomic E-state index is 11.0. The molecule has 1 aromatic heterocycles.